The van der Waals surface area contributed by atoms with Crippen LogP contribution in [0.4, 0.5) is 4.53 Å². The molecule has 0 aliphatic rings. The number of hydrogen-bond acceptors (Lipinski definition) is 6. The van der Waals surface area contributed by atoms with Crippen molar-refractivity contribution < 1.29 is 23.8 Å². The third-order valence-corrected chi connectivity index (χ3v) is 5.37. The van der Waals surface area contributed by atoms with E-state index in [-0.39, 0.29) is 18.3 Å². The predicted octanol–water partition coefficient (Wildman–Crippen LogP) is 4.90. The normalized spacial score (nSPS) is 12.9. The molecule has 4 rings (SSSR count). The van der Waals surface area contributed by atoms with Crippen LogP contribution in [-0.2, 0) is 16.3 Å². The molecule has 1 heterocycles. The molecular formula is C25H22FN3O4. The topological polar surface area (TPSA) is 97.5 Å². The lowest BCUT2D eigenvalue weighted by Crippen LogP contribution is -2.41. The van der Waals surface area contributed by atoms with Gasteiger partial charge in [0.2, 0.25) is 12.0 Å². The molecule has 0 fully saturated rings. The first-order valence-corrected chi connectivity index (χ1v) is 10.3. The minimum absolute atomic E-state index is 0.148. The number of carbonyl (C=O) groups is 1. The van der Waals surface area contributed by atoms with Crippen LogP contribution in [0.15, 0.2) is 83.3 Å². The van der Waals surface area contributed by atoms with Crippen LogP contribution >= 0.6 is 0 Å². The van der Waals surface area contributed by atoms with Crippen molar-refractivity contribution in [1.82, 2.24) is 15.5 Å². The number of aromatic nitrogens is 2. The van der Waals surface area contributed by atoms with E-state index in [0.717, 1.165) is 22.3 Å². The summed E-state index contributed by atoms with van der Waals surface area (Å²) in [5, 5.41) is 20.3. The van der Waals surface area contributed by atoms with Gasteiger partial charge in [-0.1, -0.05) is 72.8 Å². The third kappa shape index (κ3) is 4.97. The highest BCUT2D eigenvalue weighted by atomic mass is 19.3. The Morgan fingerprint density at radius 3 is 2.33 bits per heavy atom. The first-order valence-electron chi connectivity index (χ1n) is 10.3. The smallest absolute Gasteiger partial charge is 0.324 e. The molecule has 7 nitrogen and oxygen atoms in total. The fourth-order valence-corrected chi connectivity index (χ4v) is 3.64. The van der Waals surface area contributed by atoms with Crippen molar-refractivity contribution in [3.8, 4) is 22.6 Å². The SMILES string of the molecule is Cc1c(-c2ccccc2)cccc1-c1nnc(C(OF)[C@H](NCc2ccccc2)C(=O)O)o1. The highest BCUT2D eigenvalue weighted by molar-refractivity contribution is 5.75. The molecule has 4 aromatic rings. The summed E-state index contributed by atoms with van der Waals surface area (Å²) in [6, 6.07) is 23.2. The van der Waals surface area contributed by atoms with Gasteiger partial charge < -0.3 is 9.52 Å². The lowest BCUT2D eigenvalue weighted by atomic mass is 9.96. The molecular weight excluding hydrogens is 425 g/mol. The molecule has 168 valence electrons. The molecule has 0 amide bonds. The summed E-state index contributed by atoms with van der Waals surface area (Å²) >= 11 is 0. The molecule has 33 heavy (non-hydrogen) atoms. The van der Waals surface area contributed by atoms with Crippen molar-refractivity contribution in [3.63, 3.8) is 0 Å². The van der Waals surface area contributed by atoms with Gasteiger partial charge >= 0.3 is 5.97 Å². The summed E-state index contributed by atoms with van der Waals surface area (Å²) in [6.45, 7) is 2.11. The molecule has 0 aliphatic carbocycles. The highest BCUT2D eigenvalue weighted by Crippen LogP contribution is 2.32. The Kier molecular flexibility index (Phi) is 6.87. The van der Waals surface area contributed by atoms with Crippen molar-refractivity contribution >= 4 is 5.97 Å². The van der Waals surface area contributed by atoms with E-state index in [1.54, 1.807) is 0 Å². The van der Waals surface area contributed by atoms with E-state index in [2.05, 4.69) is 20.5 Å². The van der Waals surface area contributed by atoms with Crippen LogP contribution in [0.1, 0.15) is 23.1 Å². The van der Waals surface area contributed by atoms with Crippen molar-refractivity contribution in [1.29, 1.82) is 0 Å². The Labute approximate surface area is 189 Å². The van der Waals surface area contributed by atoms with Crippen LogP contribution in [0.3, 0.4) is 0 Å². The maximum Gasteiger partial charge on any atom is 0.324 e. The lowest BCUT2D eigenvalue weighted by molar-refractivity contribution is -0.204. The number of rotatable bonds is 9. The van der Waals surface area contributed by atoms with E-state index in [9.17, 15) is 14.4 Å². The van der Waals surface area contributed by atoms with Crippen molar-refractivity contribution in [3.05, 3.63) is 95.9 Å². The standard InChI is InChI=1S/C25H22FN3O4/c1-16-19(18-11-6-3-7-12-18)13-8-14-20(16)23-28-29-24(32-23)22(33-26)21(25(30)31)27-15-17-9-4-2-5-10-17/h2-14,21-22,27H,15H2,1H3,(H,30,31)/t21-,22?/m0/s1. The maximum atomic E-state index is 13.5. The summed E-state index contributed by atoms with van der Waals surface area (Å²) in [5.41, 5.74) is 4.41. The second kappa shape index (κ2) is 10.2. The maximum absolute atomic E-state index is 13.5. The van der Waals surface area contributed by atoms with E-state index in [1.165, 1.54) is 0 Å². The van der Waals surface area contributed by atoms with Crippen molar-refractivity contribution in [2.24, 2.45) is 0 Å². The highest BCUT2D eigenvalue weighted by Gasteiger charge is 2.36. The van der Waals surface area contributed by atoms with E-state index < -0.39 is 18.1 Å². The molecule has 0 bridgehead atoms. The minimum Gasteiger partial charge on any atom is -0.480 e. The number of nitrogens with one attached hydrogen (secondary N) is 1. The molecule has 0 radical (unpaired) electrons. The third-order valence-electron chi connectivity index (χ3n) is 5.37. The Morgan fingerprint density at radius 1 is 1.00 bits per heavy atom. The van der Waals surface area contributed by atoms with Gasteiger partial charge in [-0.3, -0.25) is 10.1 Å². The van der Waals surface area contributed by atoms with E-state index >= 15 is 0 Å². The lowest BCUT2D eigenvalue weighted by Gasteiger charge is -2.18. The van der Waals surface area contributed by atoms with E-state index in [1.807, 2.05) is 85.8 Å². The van der Waals surface area contributed by atoms with Gasteiger partial charge in [0.15, 0.2) is 0 Å². The minimum atomic E-state index is -1.62. The molecule has 2 N–H and O–H groups in total. The van der Waals surface area contributed by atoms with Crippen molar-refractivity contribution in [2.45, 2.75) is 25.6 Å². The second-order valence-corrected chi connectivity index (χ2v) is 7.48. The zero-order chi connectivity index (χ0) is 23.2. The van der Waals surface area contributed by atoms with Gasteiger partial charge in [0.05, 0.1) is 0 Å². The monoisotopic (exact) mass is 447 g/mol. The number of carboxylic acid groups (broad SMARTS) is 1. The largest absolute Gasteiger partial charge is 0.480 e. The Bertz CT molecular complexity index is 1210. The molecule has 8 heteroatoms. The van der Waals surface area contributed by atoms with Crippen molar-refractivity contribution in [2.75, 3.05) is 0 Å². The fraction of sp³-hybridized carbons (Fsp3) is 0.160. The van der Waals surface area contributed by atoms with Gasteiger partial charge in [-0.25, -0.2) is 0 Å². The summed E-state index contributed by atoms with van der Waals surface area (Å²) in [6.07, 6.45) is -1.62. The number of aliphatic carboxylic acids is 1. The van der Waals surface area contributed by atoms with E-state index in [4.69, 9.17) is 4.42 Å². The molecule has 0 spiro atoms. The molecule has 3 aromatic carbocycles. The summed E-state index contributed by atoms with van der Waals surface area (Å²) in [7, 11) is 0. The zero-order valence-corrected chi connectivity index (χ0v) is 17.8. The van der Waals surface area contributed by atoms with Crippen LogP contribution in [0.2, 0.25) is 0 Å². The fourth-order valence-electron chi connectivity index (χ4n) is 3.64. The summed E-state index contributed by atoms with van der Waals surface area (Å²) in [4.78, 5) is 15.8. The Hall–Kier alpha value is -3.88. The van der Waals surface area contributed by atoms with Crippen LogP contribution in [-0.4, -0.2) is 27.3 Å². The zero-order valence-electron chi connectivity index (χ0n) is 17.8. The first kappa shape index (κ1) is 22.3. The number of halogens is 1. The van der Waals surface area contributed by atoms with Gasteiger partial charge in [0, 0.05) is 12.1 Å². The van der Waals surface area contributed by atoms with Gasteiger partial charge in [-0.15, -0.1) is 10.2 Å². The van der Waals surface area contributed by atoms with E-state index in [0.29, 0.717) is 5.56 Å². The number of hydrogen-bond donors (Lipinski definition) is 2. The average Bonchev–Trinajstić information content (AvgIpc) is 3.32. The van der Waals surface area contributed by atoms with Crippen LogP contribution in [0.5, 0.6) is 0 Å². The number of nitrogens with zero attached hydrogens (tertiary/aromatic N) is 2. The van der Waals surface area contributed by atoms with Crippen LogP contribution < -0.4 is 5.32 Å². The number of carboxylic acids is 1. The van der Waals surface area contributed by atoms with Gasteiger partial charge in [-0.05, 0) is 39.8 Å². The van der Waals surface area contributed by atoms with Crippen LogP contribution in [0.25, 0.3) is 22.6 Å². The van der Waals surface area contributed by atoms with Gasteiger partial charge in [0.25, 0.3) is 5.89 Å². The quantitative estimate of drug-likeness (QED) is 0.377. The molecule has 1 unspecified atom stereocenters. The Balaban J connectivity index is 1.60. The molecule has 0 saturated heterocycles. The first-order chi connectivity index (χ1) is 16.1. The molecule has 1 aromatic heterocycles. The predicted molar refractivity (Wildman–Crippen MR) is 120 cm³/mol. The number of benzene rings is 3. The van der Waals surface area contributed by atoms with Gasteiger partial charge in [-0.2, -0.15) is 4.94 Å². The summed E-state index contributed by atoms with van der Waals surface area (Å²) < 4.78 is 19.2. The molecule has 0 aliphatic heterocycles. The molecule has 2 atom stereocenters. The average molecular weight is 447 g/mol. The molecule has 0 saturated carbocycles. The second-order valence-electron chi connectivity index (χ2n) is 7.48. The van der Waals surface area contributed by atoms with Gasteiger partial charge in [0.1, 0.15) is 6.04 Å². The summed E-state index contributed by atoms with van der Waals surface area (Å²) in [5.74, 6) is -1.44. The Morgan fingerprint density at radius 2 is 1.67 bits per heavy atom. The van der Waals surface area contributed by atoms with Crippen LogP contribution in [0, 0.1) is 6.92 Å².